The average Bonchev–Trinajstić information content (AvgIpc) is 3.73. The number of hydrogen-bond acceptors (Lipinski definition) is 5. The highest BCUT2D eigenvalue weighted by Crippen LogP contribution is 2.48. The van der Waals surface area contributed by atoms with E-state index in [1.54, 1.807) is 11.8 Å². The quantitative estimate of drug-likeness (QED) is 0.0620. The summed E-state index contributed by atoms with van der Waals surface area (Å²) in [6, 6.07) is 38.4. The number of nitrogens with zero attached hydrogens (tertiary/aromatic N) is 6. The summed E-state index contributed by atoms with van der Waals surface area (Å²) in [5.74, 6) is 3.54. The van der Waals surface area contributed by atoms with Crippen LogP contribution < -0.4 is 4.90 Å². The number of amidine groups is 2. The number of fused-ring (bicyclic) bond motifs is 8. The summed E-state index contributed by atoms with van der Waals surface area (Å²) in [5.41, 5.74) is 15.6. The van der Waals surface area contributed by atoms with Crippen LogP contribution in [0.3, 0.4) is 0 Å². The Bertz CT molecular complexity index is 3400. The van der Waals surface area contributed by atoms with Crippen LogP contribution in [0.5, 0.6) is 0 Å². The van der Waals surface area contributed by atoms with Gasteiger partial charge in [-0.2, -0.15) is 0 Å². The summed E-state index contributed by atoms with van der Waals surface area (Å²) in [7, 11) is 0. The monoisotopic (exact) mass is 960 g/mol. The third-order valence-electron chi connectivity index (χ3n) is 13.1. The van der Waals surface area contributed by atoms with E-state index in [2.05, 4.69) is 218 Å². The normalized spacial score (nSPS) is 16.8. The molecule has 2 aliphatic carbocycles. The molecule has 1 atom stereocenters. The number of aliphatic imine (C=N–C) groups is 3. The van der Waals surface area contributed by atoms with E-state index in [1.165, 1.54) is 49.4 Å². The Hall–Kier alpha value is -7.52. The van der Waals surface area contributed by atoms with E-state index >= 15 is 0 Å². The molecule has 4 heterocycles. The van der Waals surface area contributed by atoms with Crippen LogP contribution in [0, 0.1) is 0 Å². The predicted octanol–water partition coefficient (Wildman–Crippen LogP) is 16.2. The van der Waals surface area contributed by atoms with Gasteiger partial charge in [0.2, 0.25) is 0 Å². The highest BCUT2D eigenvalue weighted by molar-refractivity contribution is 8.02. The molecular formula is C63H56N6S2. The van der Waals surface area contributed by atoms with Crippen molar-refractivity contribution < 1.29 is 0 Å². The van der Waals surface area contributed by atoms with Crippen molar-refractivity contribution in [1.29, 1.82) is 0 Å². The lowest BCUT2D eigenvalue weighted by molar-refractivity contribution is 0.725. The van der Waals surface area contributed by atoms with Crippen molar-refractivity contribution in [2.24, 2.45) is 15.0 Å². The zero-order valence-electron chi connectivity index (χ0n) is 40.3. The zero-order valence-corrected chi connectivity index (χ0v) is 42.0. The molecule has 0 spiro atoms. The third-order valence-corrected chi connectivity index (χ3v) is 15.2. The summed E-state index contributed by atoms with van der Waals surface area (Å²) in [6.45, 7) is 17.7. The molecule has 0 radical (unpaired) electrons. The fourth-order valence-electron chi connectivity index (χ4n) is 9.71. The van der Waals surface area contributed by atoms with Gasteiger partial charge in [0.1, 0.15) is 12.5 Å². The molecule has 6 aromatic rings. The van der Waals surface area contributed by atoms with Gasteiger partial charge < -0.3 is 4.57 Å². The van der Waals surface area contributed by atoms with Crippen LogP contribution in [0.2, 0.25) is 0 Å². The molecule has 71 heavy (non-hydrogen) atoms. The molecule has 0 amide bonds. The summed E-state index contributed by atoms with van der Waals surface area (Å²) in [5, 5.41) is 1.17. The molecule has 0 fully saturated rings. The number of hydrogen-bond donors (Lipinski definition) is 0. The molecule has 1 unspecified atom stereocenters. The van der Waals surface area contributed by atoms with Crippen LogP contribution in [0.25, 0.3) is 33.8 Å². The molecule has 6 nitrogen and oxygen atoms in total. The van der Waals surface area contributed by atoms with Crippen LogP contribution >= 0.6 is 23.5 Å². The van der Waals surface area contributed by atoms with E-state index in [0.29, 0.717) is 17.2 Å². The molecule has 2 bridgehead atoms. The number of thioether (sulfide) groups is 2. The van der Waals surface area contributed by atoms with Gasteiger partial charge in [-0.05, 0) is 90.4 Å². The SMILES string of the molecule is C=NC(=N\C(=N/Cn1c2c(c3ccc4c(c31)C1C=CC=CC(=C1)N4c1cccc(-c3ccccc3)n1)C=CC=CC2)C(=C)/C=C\C(=C)SCc1ccccc1CC)/C(/C=C1\CSc2ccccc21)=C/CC. The molecule has 350 valence electrons. The van der Waals surface area contributed by atoms with Crippen LogP contribution in [0.4, 0.5) is 11.5 Å². The van der Waals surface area contributed by atoms with E-state index in [4.69, 9.17) is 15.0 Å². The third kappa shape index (κ3) is 9.96. The van der Waals surface area contributed by atoms with Crippen LogP contribution in [0.15, 0.2) is 237 Å². The topological polar surface area (TPSA) is 58.1 Å². The van der Waals surface area contributed by atoms with Gasteiger partial charge in [-0.1, -0.05) is 167 Å². The number of pyridine rings is 1. The number of aryl methyl sites for hydroxylation is 1. The Labute approximate surface area is 426 Å². The molecule has 10 rings (SSSR count). The average molecular weight is 961 g/mol. The van der Waals surface area contributed by atoms with Crippen molar-refractivity contribution in [3.05, 3.63) is 251 Å². The number of aromatic nitrogens is 2. The minimum atomic E-state index is 0.00136. The molecule has 0 N–H and O–H groups in total. The first-order valence-electron chi connectivity index (χ1n) is 24.3. The van der Waals surface area contributed by atoms with Crippen LogP contribution in [-0.4, -0.2) is 33.7 Å². The van der Waals surface area contributed by atoms with Crippen molar-refractivity contribution in [2.45, 2.75) is 56.3 Å². The van der Waals surface area contributed by atoms with E-state index in [-0.39, 0.29) is 12.6 Å². The van der Waals surface area contributed by atoms with E-state index in [9.17, 15) is 0 Å². The lowest BCUT2D eigenvalue weighted by Gasteiger charge is -2.34. The number of anilines is 2. The minimum Gasteiger partial charge on any atom is -0.323 e. The Morgan fingerprint density at radius 2 is 1.66 bits per heavy atom. The zero-order chi connectivity index (χ0) is 48.7. The van der Waals surface area contributed by atoms with Gasteiger partial charge in [-0.15, -0.1) is 23.5 Å². The second-order valence-corrected chi connectivity index (χ2v) is 19.7. The first kappa shape index (κ1) is 47.2. The lowest BCUT2D eigenvalue weighted by Crippen LogP contribution is -2.23. The minimum absolute atomic E-state index is 0.00136. The maximum Gasteiger partial charge on any atom is 0.160 e. The standard InChI is InChI=1S/C63H56N6S2/c1-6-21-48(38-50-41-71-58-32-19-18-28-52(50)58)63(64-5)67-62(43(3)34-35-44(4)70-40-49-26-15-14-22-45(49)7-2)65-42-68-56-31-13-9-12-29-53(56)54-36-37-57-60(61(54)68)47-25-16-17-27-51(39-47)69(57)59-33-20-30-55(66-59)46-23-10-8-11-24-46/h8-30,32-39,47H,3-7,31,40-42H2,1-2H3/b35-34-,48-21+,50-38+,65-62-,67-63-. The van der Waals surface area contributed by atoms with Gasteiger partial charge in [-0.3, -0.25) is 4.90 Å². The Balaban J connectivity index is 1.09. The molecule has 2 aliphatic heterocycles. The van der Waals surface area contributed by atoms with Crippen molar-refractivity contribution >= 4 is 76.0 Å². The van der Waals surface area contributed by atoms with Gasteiger partial charge in [0, 0.05) is 78.3 Å². The number of benzene rings is 4. The molecular weight excluding hydrogens is 905 g/mol. The molecule has 2 aromatic heterocycles. The molecule has 0 saturated heterocycles. The first-order chi connectivity index (χ1) is 34.9. The van der Waals surface area contributed by atoms with Crippen molar-refractivity contribution in [2.75, 3.05) is 10.7 Å². The van der Waals surface area contributed by atoms with Crippen molar-refractivity contribution in [3.8, 4) is 11.3 Å². The van der Waals surface area contributed by atoms with Gasteiger partial charge in [0.15, 0.2) is 11.7 Å². The van der Waals surface area contributed by atoms with Gasteiger partial charge in [0.25, 0.3) is 0 Å². The highest BCUT2D eigenvalue weighted by Gasteiger charge is 2.32. The summed E-state index contributed by atoms with van der Waals surface area (Å²) in [6.07, 6.45) is 30.8. The molecule has 4 aliphatic rings. The summed E-state index contributed by atoms with van der Waals surface area (Å²) >= 11 is 3.57. The highest BCUT2D eigenvalue weighted by atomic mass is 32.2. The second kappa shape index (κ2) is 21.6. The Morgan fingerprint density at radius 1 is 0.845 bits per heavy atom. The predicted molar refractivity (Wildman–Crippen MR) is 307 cm³/mol. The summed E-state index contributed by atoms with van der Waals surface area (Å²) in [4.78, 5) is 25.2. The van der Waals surface area contributed by atoms with E-state index in [0.717, 1.165) is 75.2 Å². The molecule has 8 heteroatoms. The smallest absolute Gasteiger partial charge is 0.160 e. The van der Waals surface area contributed by atoms with E-state index in [1.807, 2.05) is 30.0 Å². The van der Waals surface area contributed by atoms with Crippen molar-refractivity contribution in [3.63, 3.8) is 0 Å². The van der Waals surface area contributed by atoms with Gasteiger partial charge >= 0.3 is 0 Å². The number of allylic oxidation sites excluding steroid dienone is 10. The fourth-order valence-corrected chi connectivity index (χ4v) is 11.6. The van der Waals surface area contributed by atoms with Crippen molar-refractivity contribution in [1.82, 2.24) is 9.55 Å². The van der Waals surface area contributed by atoms with Gasteiger partial charge in [-0.25, -0.2) is 20.0 Å². The first-order valence-corrected chi connectivity index (χ1v) is 26.3. The lowest BCUT2D eigenvalue weighted by atomic mass is 9.89. The van der Waals surface area contributed by atoms with Gasteiger partial charge in [0.05, 0.1) is 16.9 Å². The second-order valence-electron chi connectivity index (χ2n) is 17.6. The van der Waals surface area contributed by atoms with E-state index < -0.39 is 0 Å². The number of rotatable bonds is 14. The largest absolute Gasteiger partial charge is 0.323 e. The Morgan fingerprint density at radius 3 is 2.51 bits per heavy atom. The van der Waals surface area contributed by atoms with Crippen LogP contribution in [0.1, 0.15) is 59.7 Å². The fraction of sp³-hybridized carbons (Fsp3) is 0.143. The summed E-state index contributed by atoms with van der Waals surface area (Å²) < 4.78 is 2.39. The van der Waals surface area contributed by atoms with Crippen LogP contribution in [-0.2, 0) is 25.3 Å². The maximum absolute atomic E-state index is 5.46. The maximum atomic E-state index is 5.46. The molecule has 4 aromatic carbocycles. The molecule has 0 saturated carbocycles. The Kier molecular flexibility index (Phi) is 14.4.